The van der Waals surface area contributed by atoms with E-state index in [4.69, 9.17) is 9.47 Å². The van der Waals surface area contributed by atoms with E-state index < -0.39 is 35.0 Å². The summed E-state index contributed by atoms with van der Waals surface area (Å²) in [6.07, 6.45) is -1.00. The lowest BCUT2D eigenvalue weighted by Gasteiger charge is -2.72. The Morgan fingerprint density at radius 2 is 1.12 bits per heavy atom. The van der Waals surface area contributed by atoms with Gasteiger partial charge in [0.25, 0.3) is 0 Å². The van der Waals surface area contributed by atoms with E-state index in [2.05, 4.69) is 23.7 Å². The fourth-order valence-corrected chi connectivity index (χ4v) is 5.88. The van der Waals surface area contributed by atoms with Crippen LogP contribution in [-0.4, -0.2) is 48.6 Å². The number of fused-ring (bicyclic) bond motifs is 1. The van der Waals surface area contributed by atoms with E-state index in [-0.39, 0.29) is 11.8 Å². The lowest BCUT2D eigenvalue weighted by molar-refractivity contribution is -0.243. The molecule has 0 aliphatic heterocycles. The Labute approximate surface area is 191 Å². The lowest BCUT2D eigenvalue weighted by atomic mass is 9.27. The predicted molar refractivity (Wildman–Crippen MR) is 118 cm³/mol. The normalized spacial score (nSPS) is 32.1. The van der Waals surface area contributed by atoms with Crippen molar-refractivity contribution >= 4 is 11.9 Å². The number of hydrogen-bond acceptors (Lipinski definition) is 6. The van der Waals surface area contributed by atoms with Gasteiger partial charge in [0.05, 0.1) is 37.6 Å². The largest absolute Gasteiger partial charge is 0.465 e. The van der Waals surface area contributed by atoms with Crippen LogP contribution in [0.3, 0.4) is 0 Å². The molecule has 2 unspecified atom stereocenters. The molecule has 0 amide bonds. The number of methoxy groups -OCH3 is 2. The monoisotopic (exact) mass is 442 g/mol. The summed E-state index contributed by atoms with van der Waals surface area (Å²) >= 11 is 0. The summed E-state index contributed by atoms with van der Waals surface area (Å²) < 4.78 is 9.41. The minimum absolute atomic E-state index is 0.200. The molecule has 2 N–H and O–H groups in total. The van der Waals surface area contributed by atoms with Gasteiger partial charge in [-0.25, -0.2) is 9.59 Å². The van der Waals surface area contributed by atoms with Gasteiger partial charge in [0.1, 0.15) is 0 Å². The van der Waals surface area contributed by atoms with E-state index in [0.717, 1.165) is 11.1 Å². The van der Waals surface area contributed by atoms with Crippen molar-refractivity contribution in [2.75, 3.05) is 14.2 Å². The van der Waals surface area contributed by atoms with Crippen LogP contribution < -0.4 is 0 Å². The molecule has 2 aromatic rings. The molecule has 0 aromatic heterocycles. The highest BCUT2D eigenvalue weighted by atomic mass is 16.5. The van der Waals surface area contributed by atoms with Crippen LogP contribution in [0.4, 0.5) is 0 Å². The Kier molecular flexibility index (Phi) is 4.83. The Morgan fingerprint density at radius 1 is 0.758 bits per heavy atom. The molecule has 0 radical (unpaired) electrons. The Hall–Kier alpha value is -3.58. The fraction of sp³-hybridized carbons (Fsp3) is 0.333. The number of esters is 2. The average Bonchev–Trinajstić information content (AvgIpc) is 3.13. The van der Waals surface area contributed by atoms with Crippen LogP contribution in [0.5, 0.6) is 0 Å². The molecule has 7 rings (SSSR count). The van der Waals surface area contributed by atoms with E-state index in [9.17, 15) is 19.8 Å². The van der Waals surface area contributed by atoms with Crippen LogP contribution in [0.1, 0.15) is 38.3 Å². The first-order chi connectivity index (χ1) is 15.9. The molecule has 6 heteroatoms. The smallest absolute Gasteiger partial charge is 0.337 e. The van der Waals surface area contributed by atoms with E-state index in [1.165, 1.54) is 14.2 Å². The maximum absolute atomic E-state index is 11.6. The molecule has 166 valence electrons. The molecule has 4 atom stereocenters. The van der Waals surface area contributed by atoms with Gasteiger partial charge in [-0.2, -0.15) is 0 Å². The lowest BCUT2D eigenvalue weighted by Crippen LogP contribution is -2.73. The molecule has 33 heavy (non-hydrogen) atoms. The van der Waals surface area contributed by atoms with Crippen molar-refractivity contribution in [2.45, 2.75) is 18.6 Å². The first kappa shape index (κ1) is 21.3. The molecule has 5 aliphatic carbocycles. The first-order valence-corrected chi connectivity index (χ1v) is 10.7. The molecule has 5 aliphatic rings. The molecule has 6 nitrogen and oxygen atoms in total. The van der Waals surface area contributed by atoms with Crippen molar-refractivity contribution in [3.63, 3.8) is 0 Å². The Balaban J connectivity index is 1.36. The van der Waals surface area contributed by atoms with E-state index >= 15 is 0 Å². The number of rotatable bonds is 2. The highest BCUT2D eigenvalue weighted by Gasteiger charge is 2.90. The molecule has 0 heterocycles. The molecule has 0 spiro atoms. The van der Waals surface area contributed by atoms with Gasteiger partial charge in [0.15, 0.2) is 0 Å². The van der Waals surface area contributed by atoms with Gasteiger partial charge in [-0.05, 0) is 55.0 Å². The zero-order chi connectivity index (χ0) is 23.4. The second kappa shape index (κ2) is 7.49. The number of carbonyl (C=O) groups excluding carboxylic acids is 2. The van der Waals surface area contributed by atoms with Crippen molar-refractivity contribution < 1.29 is 29.3 Å². The van der Waals surface area contributed by atoms with Crippen molar-refractivity contribution in [3.8, 4) is 23.7 Å². The second-order valence-electron chi connectivity index (χ2n) is 8.83. The number of ether oxygens (including phenoxy) is 2. The molecule has 5 saturated carbocycles. The van der Waals surface area contributed by atoms with Gasteiger partial charge in [0.2, 0.25) is 0 Å². The molecular formula is C27H22O6. The van der Waals surface area contributed by atoms with Gasteiger partial charge in [0, 0.05) is 33.8 Å². The summed E-state index contributed by atoms with van der Waals surface area (Å²) in [5.41, 5.74) is 1.52. The van der Waals surface area contributed by atoms with Gasteiger partial charge >= 0.3 is 11.9 Å². The van der Waals surface area contributed by atoms with Gasteiger partial charge in [-0.3, -0.25) is 0 Å². The average molecular weight is 442 g/mol. The topological polar surface area (TPSA) is 93.1 Å². The molecule has 0 saturated heterocycles. The zero-order valence-corrected chi connectivity index (χ0v) is 18.2. The molecule has 5 fully saturated rings. The van der Waals surface area contributed by atoms with Crippen molar-refractivity contribution in [2.24, 2.45) is 22.7 Å². The third-order valence-corrected chi connectivity index (χ3v) is 7.33. The van der Waals surface area contributed by atoms with Crippen LogP contribution in [0.15, 0.2) is 48.5 Å². The summed E-state index contributed by atoms with van der Waals surface area (Å²) in [4.78, 5) is 23.2. The fourth-order valence-electron chi connectivity index (χ4n) is 5.88. The summed E-state index contributed by atoms with van der Waals surface area (Å²) in [5, 5.41) is 21.2. The van der Waals surface area contributed by atoms with Crippen LogP contribution in [-0.2, 0) is 9.47 Å². The Morgan fingerprint density at radius 3 is 1.45 bits per heavy atom. The first-order valence-electron chi connectivity index (χ1n) is 10.7. The predicted octanol–water partition coefficient (Wildman–Crippen LogP) is 2.02. The molecule has 4 bridgehead atoms. The Bertz CT molecular complexity index is 1140. The summed E-state index contributed by atoms with van der Waals surface area (Å²) in [6, 6.07) is 13.7. The van der Waals surface area contributed by atoms with Crippen molar-refractivity contribution in [1.29, 1.82) is 0 Å². The van der Waals surface area contributed by atoms with Crippen molar-refractivity contribution in [1.82, 2.24) is 0 Å². The second-order valence-corrected chi connectivity index (χ2v) is 8.83. The van der Waals surface area contributed by atoms with Crippen molar-refractivity contribution in [3.05, 3.63) is 70.8 Å². The summed E-state index contributed by atoms with van der Waals surface area (Å²) in [6.45, 7) is 0. The quantitative estimate of drug-likeness (QED) is 0.546. The van der Waals surface area contributed by atoms with E-state index in [1.807, 2.05) is 0 Å². The maximum atomic E-state index is 11.6. The zero-order valence-electron chi connectivity index (χ0n) is 18.2. The van der Waals surface area contributed by atoms with Gasteiger partial charge in [-0.15, -0.1) is 0 Å². The summed E-state index contributed by atoms with van der Waals surface area (Å²) in [5.74, 6) is 11.7. The van der Waals surface area contributed by atoms with E-state index in [0.29, 0.717) is 17.5 Å². The standard InChI is InChI=1S/C27H22O6/c1-32-24(30)18-7-3-16(4-8-18)11-13-26-15-27(22(26)20(28)21(29)23(26)27)14-12-17-5-9-19(10-6-17)25(31)33-2/h3-10,20-23,28-29H,15H2,1-2H3/t20-,21+,22?,23?,26?,27?. The number of benzene rings is 2. The number of carbonyl (C=O) groups is 2. The third-order valence-electron chi connectivity index (χ3n) is 7.33. The highest BCUT2D eigenvalue weighted by molar-refractivity contribution is 5.89. The minimum atomic E-state index is -0.851. The van der Waals surface area contributed by atoms with Gasteiger partial charge in [-0.1, -0.05) is 23.7 Å². The van der Waals surface area contributed by atoms with Crippen LogP contribution in [0, 0.1) is 46.3 Å². The minimum Gasteiger partial charge on any atom is -0.465 e. The van der Waals surface area contributed by atoms with Crippen LogP contribution in [0.25, 0.3) is 0 Å². The van der Waals surface area contributed by atoms with Crippen LogP contribution in [0.2, 0.25) is 0 Å². The number of hydrogen-bond donors (Lipinski definition) is 2. The maximum Gasteiger partial charge on any atom is 0.337 e. The van der Waals surface area contributed by atoms with Crippen LogP contribution >= 0.6 is 0 Å². The summed E-state index contributed by atoms with van der Waals surface area (Å²) in [7, 11) is 2.67. The molecular weight excluding hydrogens is 420 g/mol. The SMILES string of the molecule is COC(=O)c1ccc(C#CC23CC4(C#Cc5ccc(C(=O)OC)cc5)C2[C@@H](O)[C@@H](O)C34)cc1. The highest BCUT2D eigenvalue weighted by Crippen LogP contribution is 2.86. The van der Waals surface area contributed by atoms with Gasteiger partial charge < -0.3 is 19.7 Å². The molecule has 2 aromatic carbocycles. The number of aliphatic hydroxyl groups excluding tert-OH is 2. The number of aliphatic hydroxyl groups is 2. The third kappa shape index (κ3) is 2.92. The van der Waals surface area contributed by atoms with E-state index in [1.54, 1.807) is 48.5 Å².